The zero-order valence-corrected chi connectivity index (χ0v) is 20.7. The molecule has 0 aromatic heterocycles. The van der Waals surface area contributed by atoms with E-state index < -0.39 is 17.7 Å². The first-order valence-corrected chi connectivity index (χ1v) is 11.9. The van der Waals surface area contributed by atoms with Gasteiger partial charge in [-0.3, -0.25) is 4.79 Å². The van der Waals surface area contributed by atoms with Crippen molar-refractivity contribution in [1.29, 1.82) is 0 Å². The molecule has 2 atom stereocenters. The maximum absolute atomic E-state index is 12.5. The number of rotatable bonds is 8. The fourth-order valence-electron chi connectivity index (χ4n) is 3.64. The van der Waals surface area contributed by atoms with Crippen LogP contribution in [0.25, 0.3) is 5.57 Å². The van der Waals surface area contributed by atoms with E-state index in [1.807, 2.05) is 66.7 Å². The van der Waals surface area contributed by atoms with Gasteiger partial charge in [-0.1, -0.05) is 72.8 Å². The SMILES string of the molecule is CC(C)(C)OC(=O)N[C@@H](CC(=O)OCc1ccccc1)Cc1ccc(C2=CC=CC(Cl)C2)cc1. The van der Waals surface area contributed by atoms with Crippen molar-refractivity contribution in [2.75, 3.05) is 0 Å². The number of alkyl carbamates (subject to hydrolysis) is 1. The lowest BCUT2D eigenvalue weighted by Crippen LogP contribution is -2.41. The molecule has 0 radical (unpaired) electrons. The van der Waals surface area contributed by atoms with Crippen LogP contribution in [0.2, 0.25) is 0 Å². The van der Waals surface area contributed by atoms with Gasteiger partial charge in [-0.25, -0.2) is 4.79 Å². The predicted molar refractivity (Wildman–Crippen MR) is 136 cm³/mol. The number of nitrogens with one attached hydrogen (secondary N) is 1. The Bertz CT molecular complexity index is 1020. The zero-order chi connectivity index (χ0) is 24.6. The largest absolute Gasteiger partial charge is 0.461 e. The number of alkyl halides is 1. The van der Waals surface area contributed by atoms with E-state index in [4.69, 9.17) is 21.1 Å². The van der Waals surface area contributed by atoms with Gasteiger partial charge in [-0.2, -0.15) is 0 Å². The zero-order valence-electron chi connectivity index (χ0n) is 19.9. The van der Waals surface area contributed by atoms with E-state index in [9.17, 15) is 9.59 Å². The highest BCUT2D eigenvalue weighted by Gasteiger charge is 2.22. The quantitative estimate of drug-likeness (QED) is 0.359. The molecule has 0 aliphatic heterocycles. The van der Waals surface area contributed by atoms with E-state index in [2.05, 4.69) is 11.4 Å². The lowest BCUT2D eigenvalue weighted by atomic mass is 9.95. The van der Waals surface area contributed by atoms with Crippen LogP contribution >= 0.6 is 11.6 Å². The third kappa shape index (κ3) is 8.71. The van der Waals surface area contributed by atoms with Gasteiger partial charge >= 0.3 is 12.1 Å². The van der Waals surface area contributed by atoms with Gasteiger partial charge in [0.1, 0.15) is 12.2 Å². The third-order valence-electron chi connectivity index (χ3n) is 5.22. The summed E-state index contributed by atoms with van der Waals surface area (Å²) in [4.78, 5) is 24.9. The molecule has 2 aromatic rings. The van der Waals surface area contributed by atoms with E-state index >= 15 is 0 Å². The topological polar surface area (TPSA) is 64.6 Å². The maximum Gasteiger partial charge on any atom is 0.407 e. The van der Waals surface area contributed by atoms with Gasteiger partial charge < -0.3 is 14.8 Å². The van der Waals surface area contributed by atoms with Crippen LogP contribution in [0.3, 0.4) is 0 Å². The average molecular weight is 482 g/mol. The number of carbonyl (C=O) groups excluding carboxylic acids is 2. The van der Waals surface area contributed by atoms with Crippen molar-refractivity contribution in [2.45, 2.75) is 63.7 Å². The van der Waals surface area contributed by atoms with E-state index in [-0.39, 0.29) is 24.4 Å². The second kappa shape index (κ2) is 11.9. The summed E-state index contributed by atoms with van der Waals surface area (Å²) < 4.78 is 10.8. The number of ether oxygens (including phenoxy) is 2. The molecule has 180 valence electrons. The summed E-state index contributed by atoms with van der Waals surface area (Å²) in [6.07, 6.45) is 6.76. The van der Waals surface area contributed by atoms with Gasteiger partial charge in [0.2, 0.25) is 0 Å². The van der Waals surface area contributed by atoms with Crippen LogP contribution in [-0.4, -0.2) is 29.1 Å². The molecule has 1 aliphatic rings. The van der Waals surface area contributed by atoms with E-state index in [0.29, 0.717) is 6.42 Å². The number of hydrogen-bond acceptors (Lipinski definition) is 4. The van der Waals surface area contributed by atoms with Crippen LogP contribution in [0.15, 0.2) is 72.8 Å². The number of amides is 1. The fourth-order valence-corrected chi connectivity index (χ4v) is 3.89. The monoisotopic (exact) mass is 481 g/mol. The predicted octanol–water partition coefficient (Wildman–Crippen LogP) is 6.21. The highest BCUT2D eigenvalue weighted by molar-refractivity contribution is 6.22. The summed E-state index contributed by atoms with van der Waals surface area (Å²) in [6.45, 7) is 5.59. The summed E-state index contributed by atoms with van der Waals surface area (Å²) in [5.74, 6) is -0.381. The summed E-state index contributed by atoms with van der Waals surface area (Å²) >= 11 is 6.25. The molecule has 0 spiro atoms. The van der Waals surface area contributed by atoms with Gasteiger partial charge in [-0.15, -0.1) is 11.6 Å². The van der Waals surface area contributed by atoms with E-state index in [1.165, 1.54) is 5.57 Å². The molecule has 1 aliphatic carbocycles. The molecule has 1 N–H and O–H groups in total. The Morgan fingerprint density at radius 1 is 1.06 bits per heavy atom. The molecule has 5 nitrogen and oxygen atoms in total. The van der Waals surface area contributed by atoms with Gasteiger partial charge in [0.05, 0.1) is 11.8 Å². The molecule has 0 saturated heterocycles. The first kappa shape index (κ1) is 25.6. The van der Waals surface area contributed by atoms with Crippen molar-refractivity contribution in [3.8, 4) is 0 Å². The third-order valence-corrected chi connectivity index (χ3v) is 5.52. The van der Waals surface area contributed by atoms with Crippen molar-refractivity contribution in [2.24, 2.45) is 0 Å². The highest BCUT2D eigenvalue weighted by atomic mass is 35.5. The summed E-state index contributed by atoms with van der Waals surface area (Å²) in [5, 5.41) is 2.84. The molecular weight excluding hydrogens is 450 g/mol. The molecule has 0 bridgehead atoms. The Hall–Kier alpha value is -3.05. The Labute approximate surface area is 206 Å². The van der Waals surface area contributed by atoms with E-state index in [0.717, 1.165) is 23.1 Å². The average Bonchev–Trinajstić information content (AvgIpc) is 2.77. The van der Waals surface area contributed by atoms with Gasteiger partial charge in [0.15, 0.2) is 0 Å². The first-order chi connectivity index (χ1) is 16.2. The minimum Gasteiger partial charge on any atom is -0.461 e. The van der Waals surface area contributed by atoms with Crippen LogP contribution < -0.4 is 5.32 Å². The molecule has 0 saturated carbocycles. The molecule has 2 aromatic carbocycles. The molecule has 1 amide bonds. The number of halogens is 1. The number of esters is 1. The highest BCUT2D eigenvalue weighted by Crippen LogP contribution is 2.26. The maximum atomic E-state index is 12.5. The normalized spacial score (nSPS) is 16.4. The van der Waals surface area contributed by atoms with Crippen LogP contribution in [0, 0.1) is 0 Å². The minimum atomic E-state index is -0.632. The van der Waals surface area contributed by atoms with Crippen molar-refractivity contribution in [3.63, 3.8) is 0 Å². The minimum absolute atomic E-state index is 0.00369. The first-order valence-electron chi connectivity index (χ1n) is 11.5. The molecule has 3 rings (SSSR count). The van der Waals surface area contributed by atoms with Crippen molar-refractivity contribution in [1.82, 2.24) is 5.32 Å². The standard InChI is InChI=1S/C28H32ClNO4/c1-28(2,3)34-27(32)30-25(18-26(31)33-19-21-8-5-4-6-9-21)16-20-12-14-22(15-13-20)23-10-7-11-24(29)17-23/h4-15,24-25H,16-19H2,1-3H3,(H,30,32)/t24?,25-/m1/s1. The summed E-state index contributed by atoms with van der Waals surface area (Å²) in [5.41, 5.74) is 3.57. The van der Waals surface area contributed by atoms with Crippen molar-refractivity contribution in [3.05, 3.63) is 89.5 Å². The second-order valence-corrected chi connectivity index (χ2v) is 9.95. The number of allylic oxidation sites excluding steroid dienone is 4. The van der Waals surface area contributed by atoms with Crippen molar-refractivity contribution < 1.29 is 19.1 Å². The molecule has 6 heteroatoms. The summed E-state index contributed by atoms with van der Waals surface area (Å²) in [7, 11) is 0. The van der Waals surface area contributed by atoms with Crippen LogP contribution in [-0.2, 0) is 27.3 Å². The van der Waals surface area contributed by atoms with Crippen molar-refractivity contribution >= 4 is 29.2 Å². The Morgan fingerprint density at radius 3 is 2.41 bits per heavy atom. The fraction of sp³-hybridized carbons (Fsp3) is 0.357. The Morgan fingerprint density at radius 2 is 1.76 bits per heavy atom. The molecule has 1 unspecified atom stereocenters. The molecule has 0 fully saturated rings. The molecule has 0 heterocycles. The van der Waals surface area contributed by atoms with Gasteiger partial charge in [0.25, 0.3) is 0 Å². The van der Waals surface area contributed by atoms with Crippen LogP contribution in [0.1, 0.15) is 50.3 Å². The van der Waals surface area contributed by atoms with Crippen LogP contribution in [0.4, 0.5) is 4.79 Å². The smallest absolute Gasteiger partial charge is 0.407 e. The second-order valence-electron chi connectivity index (χ2n) is 9.39. The molecule has 34 heavy (non-hydrogen) atoms. The Balaban J connectivity index is 1.64. The summed E-state index contributed by atoms with van der Waals surface area (Å²) in [6, 6.07) is 17.1. The lowest BCUT2D eigenvalue weighted by Gasteiger charge is -2.23. The van der Waals surface area contributed by atoms with Crippen LogP contribution in [0.5, 0.6) is 0 Å². The van der Waals surface area contributed by atoms with Gasteiger partial charge in [0, 0.05) is 6.04 Å². The number of benzene rings is 2. The number of hydrogen-bond donors (Lipinski definition) is 1. The molecular formula is C28H32ClNO4. The van der Waals surface area contributed by atoms with E-state index in [1.54, 1.807) is 20.8 Å². The number of carbonyl (C=O) groups is 2. The Kier molecular flexibility index (Phi) is 8.94. The lowest BCUT2D eigenvalue weighted by molar-refractivity contribution is -0.145. The van der Waals surface area contributed by atoms with Gasteiger partial charge in [-0.05, 0) is 55.9 Å².